The zero-order valence-corrected chi connectivity index (χ0v) is 12.0. The first-order chi connectivity index (χ1) is 8.11. The van der Waals surface area contributed by atoms with Gasteiger partial charge < -0.3 is 9.47 Å². The Hall–Kier alpha value is 0.210. The summed E-state index contributed by atoms with van der Waals surface area (Å²) < 4.78 is 11.8. The van der Waals surface area contributed by atoms with Crippen molar-refractivity contribution in [2.75, 3.05) is 6.61 Å². The molecule has 6 unspecified atom stereocenters. The van der Waals surface area contributed by atoms with E-state index >= 15 is 0 Å². The molecule has 2 fully saturated rings. The summed E-state index contributed by atoms with van der Waals surface area (Å²) in [6.07, 6.45) is 5.43. The average molecular weight is 261 g/mol. The molecule has 2 aliphatic carbocycles. The summed E-state index contributed by atoms with van der Waals surface area (Å²) in [5.41, 5.74) is 0. The maximum atomic E-state index is 6.17. The fraction of sp³-hybridized carbons (Fsp3) is 1.00. The topological polar surface area (TPSA) is 18.5 Å². The number of hydrogen-bond acceptors (Lipinski definition) is 2. The van der Waals surface area contributed by atoms with Crippen molar-refractivity contribution in [3.63, 3.8) is 0 Å². The van der Waals surface area contributed by atoms with Crippen molar-refractivity contribution in [3.8, 4) is 0 Å². The normalized spacial score (nSPS) is 46.6. The number of halogens is 1. The molecule has 0 aromatic rings. The van der Waals surface area contributed by atoms with E-state index in [0.29, 0.717) is 6.10 Å². The minimum Gasteiger partial charge on any atom is -0.374 e. The Balaban J connectivity index is 1.78. The zero-order valence-electron chi connectivity index (χ0n) is 11.2. The summed E-state index contributed by atoms with van der Waals surface area (Å²) >= 11 is 6.15. The predicted molar refractivity (Wildman–Crippen MR) is 70.5 cm³/mol. The van der Waals surface area contributed by atoms with E-state index in [9.17, 15) is 0 Å². The minimum atomic E-state index is 0.122. The molecule has 0 amide bonds. The highest BCUT2D eigenvalue weighted by Gasteiger charge is 2.43. The quantitative estimate of drug-likeness (QED) is 0.719. The van der Waals surface area contributed by atoms with E-state index < -0.39 is 0 Å². The van der Waals surface area contributed by atoms with E-state index in [1.807, 2.05) is 6.92 Å². The first-order valence-corrected chi connectivity index (χ1v) is 7.46. The van der Waals surface area contributed by atoms with Crippen molar-refractivity contribution in [2.45, 2.75) is 70.1 Å². The molecule has 0 saturated heterocycles. The molecule has 0 aliphatic heterocycles. The van der Waals surface area contributed by atoms with Crippen LogP contribution in [0.15, 0.2) is 0 Å². The van der Waals surface area contributed by atoms with Gasteiger partial charge in [0, 0.05) is 6.61 Å². The molecule has 0 N–H and O–H groups in total. The molecular formula is C14H25ClO2. The molecule has 0 spiro atoms. The molecule has 0 radical (unpaired) electrons. The van der Waals surface area contributed by atoms with Gasteiger partial charge in [0.15, 0.2) is 0 Å². The second-order valence-electron chi connectivity index (χ2n) is 5.74. The lowest BCUT2D eigenvalue weighted by atomic mass is 9.80. The molecule has 0 heterocycles. The zero-order chi connectivity index (χ0) is 12.4. The monoisotopic (exact) mass is 260 g/mol. The van der Waals surface area contributed by atoms with Crippen LogP contribution in [0.3, 0.4) is 0 Å². The van der Waals surface area contributed by atoms with E-state index in [1.165, 1.54) is 19.3 Å². The lowest BCUT2D eigenvalue weighted by Gasteiger charge is -2.44. The first-order valence-electron chi connectivity index (χ1n) is 7.03. The van der Waals surface area contributed by atoms with E-state index in [-0.39, 0.29) is 17.6 Å². The molecule has 2 nitrogen and oxygen atoms in total. The summed E-state index contributed by atoms with van der Waals surface area (Å²) in [7, 11) is 0. The van der Waals surface area contributed by atoms with Crippen molar-refractivity contribution in [1.82, 2.24) is 0 Å². The Kier molecular flexibility index (Phi) is 4.73. The van der Waals surface area contributed by atoms with Crippen molar-refractivity contribution in [1.29, 1.82) is 0 Å². The van der Waals surface area contributed by atoms with Gasteiger partial charge in [-0.25, -0.2) is 0 Å². The van der Waals surface area contributed by atoms with Crippen LogP contribution < -0.4 is 0 Å². The maximum absolute atomic E-state index is 6.17. The van der Waals surface area contributed by atoms with Crippen LogP contribution in [0, 0.1) is 11.8 Å². The standard InChI is InChI=1S/C14H25ClO2/c1-4-16-14-12(15)8-13(14)17-11-6-5-9(2)10(3)7-11/h9-14H,4-8H2,1-3H3. The van der Waals surface area contributed by atoms with E-state index in [4.69, 9.17) is 21.1 Å². The third-order valence-electron chi connectivity index (χ3n) is 4.46. The lowest BCUT2D eigenvalue weighted by molar-refractivity contribution is -0.156. The minimum absolute atomic E-state index is 0.122. The molecule has 6 atom stereocenters. The summed E-state index contributed by atoms with van der Waals surface area (Å²) in [5.74, 6) is 1.63. The van der Waals surface area contributed by atoms with Crippen molar-refractivity contribution in [3.05, 3.63) is 0 Å². The van der Waals surface area contributed by atoms with Crippen molar-refractivity contribution >= 4 is 11.6 Å². The second-order valence-corrected chi connectivity index (χ2v) is 6.30. The van der Waals surface area contributed by atoms with E-state index in [0.717, 1.165) is 24.9 Å². The number of alkyl halides is 1. The van der Waals surface area contributed by atoms with Gasteiger partial charge in [0.05, 0.1) is 17.6 Å². The molecule has 0 bridgehead atoms. The maximum Gasteiger partial charge on any atom is 0.100 e. The van der Waals surface area contributed by atoms with Gasteiger partial charge >= 0.3 is 0 Å². The smallest absolute Gasteiger partial charge is 0.100 e. The SMILES string of the molecule is CCOC1C(Cl)CC1OC1CCC(C)C(C)C1. The molecule has 0 aromatic carbocycles. The Morgan fingerprint density at radius 3 is 2.47 bits per heavy atom. The van der Waals surface area contributed by atoms with E-state index in [2.05, 4.69) is 13.8 Å². The van der Waals surface area contributed by atoms with Crippen LogP contribution in [0.4, 0.5) is 0 Å². The Morgan fingerprint density at radius 2 is 1.88 bits per heavy atom. The highest BCUT2D eigenvalue weighted by Crippen LogP contribution is 2.37. The number of hydrogen-bond donors (Lipinski definition) is 0. The van der Waals surface area contributed by atoms with Crippen LogP contribution in [0.5, 0.6) is 0 Å². The van der Waals surface area contributed by atoms with Gasteiger partial charge in [0.1, 0.15) is 6.10 Å². The van der Waals surface area contributed by atoms with Crippen molar-refractivity contribution < 1.29 is 9.47 Å². The van der Waals surface area contributed by atoms with Gasteiger partial charge in [-0.15, -0.1) is 11.6 Å². The number of rotatable bonds is 4. The Morgan fingerprint density at radius 1 is 1.12 bits per heavy atom. The van der Waals surface area contributed by atoms with Gasteiger partial charge in [-0.05, 0) is 44.4 Å². The largest absolute Gasteiger partial charge is 0.374 e. The highest BCUT2D eigenvalue weighted by atomic mass is 35.5. The molecule has 2 saturated carbocycles. The van der Waals surface area contributed by atoms with Gasteiger partial charge in [-0.3, -0.25) is 0 Å². The fourth-order valence-electron chi connectivity index (χ4n) is 2.93. The fourth-order valence-corrected chi connectivity index (χ4v) is 3.34. The summed E-state index contributed by atoms with van der Waals surface area (Å²) in [6.45, 7) is 7.43. The van der Waals surface area contributed by atoms with E-state index in [1.54, 1.807) is 0 Å². The molecule has 2 rings (SSSR count). The third-order valence-corrected chi connectivity index (χ3v) is 4.88. The average Bonchev–Trinajstić information content (AvgIpc) is 2.30. The number of ether oxygens (including phenoxy) is 2. The lowest BCUT2D eigenvalue weighted by Crippen LogP contribution is -2.52. The molecule has 3 heteroatoms. The first kappa shape index (κ1) is 13.6. The molecular weight excluding hydrogens is 236 g/mol. The summed E-state index contributed by atoms with van der Waals surface area (Å²) in [6, 6.07) is 0. The molecule has 100 valence electrons. The van der Waals surface area contributed by atoms with Crippen LogP contribution in [-0.4, -0.2) is 30.3 Å². The van der Waals surface area contributed by atoms with Crippen LogP contribution >= 0.6 is 11.6 Å². The van der Waals surface area contributed by atoms with Crippen LogP contribution in [0.2, 0.25) is 0 Å². The predicted octanol–water partition coefficient (Wildman–Crippen LogP) is 3.61. The third kappa shape index (κ3) is 3.15. The van der Waals surface area contributed by atoms with Crippen LogP contribution in [0.25, 0.3) is 0 Å². The Bertz CT molecular complexity index is 246. The summed E-state index contributed by atoms with van der Waals surface area (Å²) in [4.78, 5) is 0. The van der Waals surface area contributed by atoms with Gasteiger partial charge in [0.25, 0.3) is 0 Å². The molecule has 17 heavy (non-hydrogen) atoms. The van der Waals surface area contributed by atoms with Crippen molar-refractivity contribution in [2.24, 2.45) is 11.8 Å². The van der Waals surface area contributed by atoms with Crippen LogP contribution in [0.1, 0.15) is 46.5 Å². The summed E-state index contributed by atoms with van der Waals surface area (Å²) in [5, 5.41) is 0.153. The second kappa shape index (κ2) is 5.90. The Labute approximate surface area is 110 Å². The van der Waals surface area contributed by atoms with Crippen LogP contribution in [-0.2, 0) is 9.47 Å². The molecule has 2 aliphatic rings. The van der Waals surface area contributed by atoms with Gasteiger partial charge in [-0.1, -0.05) is 13.8 Å². The molecule has 0 aromatic heterocycles. The highest BCUT2D eigenvalue weighted by molar-refractivity contribution is 6.21. The van der Waals surface area contributed by atoms with Gasteiger partial charge in [-0.2, -0.15) is 0 Å². The van der Waals surface area contributed by atoms with Gasteiger partial charge in [0.2, 0.25) is 0 Å².